The van der Waals surface area contributed by atoms with E-state index in [4.69, 9.17) is 0 Å². The molecule has 2 heterocycles. The summed E-state index contributed by atoms with van der Waals surface area (Å²) >= 11 is 1.46. The van der Waals surface area contributed by atoms with Crippen LogP contribution in [-0.2, 0) is 6.42 Å². The molecule has 1 aromatic carbocycles. The third-order valence-electron chi connectivity index (χ3n) is 3.18. The van der Waals surface area contributed by atoms with E-state index in [0.717, 1.165) is 16.0 Å². The summed E-state index contributed by atoms with van der Waals surface area (Å²) in [6.07, 6.45) is 2.10. The van der Waals surface area contributed by atoms with Crippen molar-refractivity contribution < 1.29 is 9.18 Å². The van der Waals surface area contributed by atoms with Crippen molar-refractivity contribution in [3.63, 3.8) is 0 Å². The highest BCUT2D eigenvalue weighted by molar-refractivity contribution is 7.18. The van der Waals surface area contributed by atoms with Crippen LogP contribution in [0.5, 0.6) is 0 Å². The predicted octanol–water partition coefficient (Wildman–Crippen LogP) is 2.54. The summed E-state index contributed by atoms with van der Waals surface area (Å²) in [6, 6.07) is 6.86. The van der Waals surface area contributed by atoms with Crippen LogP contribution in [0.2, 0.25) is 0 Å². The highest BCUT2D eigenvalue weighted by Gasteiger charge is 2.11. The lowest BCUT2D eigenvalue weighted by Gasteiger charge is -2.07. The van der Waals surface area contributed by atoms with Crippen LogP contribution in [0.4, 0.5) is 4.39 Å². The van der Waals surface area contributed by atoms with Gasteiger partial charge in [0.25, 0.3) is 11.5 Å². The van der Waals surface area contributed by atoms with E-state index in [1.165, 1.54) is 41.9 Å². The van der Waals surface area contributed by atoms with Crippen LogP contribution in [0.1, 0.15) is 22.2 Å². The van der Waals surface area contributed by atoms with Gasteiger partial charge in [0, 0.05) is 10.4 Å². The molecule has 5 nitrogen and oxygen atoms in total. The Morgan fingerprint density at radius 2 is 2.09 bits per heavy atom. The first-order valence-corrected chi connectivity index (χ1v) is 7.47. The summed E-state index contributed by atoms with van der Waals surface area (Å²) in [7, 11) is 0. The summed E-state index contributed by atoms with van der Waals surface area (Å²) < 4.78 is 13.9. The number of hydrogen-bond acceptors (Lipinski definition) is 4. The molecule has 0 unspecified atom stereocenters. The number of amides is 1. The number of thiophene rings is 1. The van der Waals surface area contributed by atoms with Crippen molar-refractivity contribution in [3.8, 4) is 0 Å². The molecular formula is C15H12FN3O2S. The SMILES string of the molecule is CCc1cc2c(=O)n(NC(=O)c3ccc(F)cc3)cnc2s1. The fourth-order valence-corrected chi connectivity index (χ4v) is 2.93. The Balaban J connectivity index is 1.93. The molecule has 0 spiro atoms. The fourth-order valence-electron chi connectivity index (χ4n) is 2.00. The van der Waals surface area contributed by atoms with E-state index >= 15 is 0 Å². The van der Waals surface area contributed by atoms with E-state index in [9.17, 15) is 14.0 Å². The molecule has 3 aromatic rings. The Morgan fingerprint density at radius 3 is 2.77 bits per heavy atom. The van der Waals surface area contributed by atoms with Gasteiger partial charge in [0.1, 0.15) is 17.0 Å². The minimum atomic E-state index is -0.505. The number of carbonyl (C=O) groups is 1. The number of aromatic nitrogens is 2. The zero-order valence-electron chi connectivity index (χ0n) is 11.7. The molecule has 1 amide bonds. The van der Waals surface area contributed by atoms with Gasteiger partial charge in [-0.05, 0) is 36.8 Å². The summed E-state index contributed by atoms with van der Waals surface area (Å²) in [5, 5.41) is 0.476. The van der Waals surface area contributed by atoms with Crippen molar-refractivity contribution in [2.24, 2.45) is 0 Å². The molecule has 0 aliphatic heterocycles. The van der Waals surface area contributed by atoms with Gasteiger partial charge in [-0.15, -0.1) is 11.3 Å². The Hall–Kier alpha value is -2.54. The van der Waals surface area contributed by atoms with E-state index < -0.39 is 11.7 Å². The van der Waals surface area contributed by atoms with Crippen LogP contribution in [0.15, 0.2) is 41.5 Å². The number of nitrogens with one attached hydrogen (secondary N) is 1. The first kappa shape index (κ1) is 14.4. The first-order chi connectivity index (χ1) is 10.6. The second kappa shape index (κ2) is 5.69. The maximum absolute atomic E-state index is 12.9. The Kier molecular flexibility index (Phi) is 3.72. The van der Waals surface area contributed by atoms with Crippen LogP contribution >= 0.6 is 11.3 Å². The normalized spacial score (nSPS) is 10.8. The number of aryl methyl sites for hydroxylation is 1. The molecule has 1 N–H and O–H groups in total. The molecule has 0 aliphatic rings. The van der Waals surface area contributed by atoms with E-state index in [0.29, 0.717) is 10.2 Å². The van der Waals surface area contributed by atoms with Gasteiger partial charge in [-0.3, -0.25) is 15.0 Å². The highest BCUT2D eigenvalue weighted by atomic mass is 32.1. The zero-order chi connectivity index (χ0) is 15.7. The molecule has 22 heavy (non-hydrogen) atoms. The second-order valence-corrected chi connectivity index (χ2v) is 5.77. The van der Waals surface area contributed by atoms with E-state index in [2.05, 4.69) is 10.4 Å². The zero-order valence-corrected chi connectivity index (χ0v) is 12.5. The molecule has 2 aromatic heterocycles. The molecule has 0 fully saturated rings. The predicted molar refractivity (Wildman–Crippen MR) is 83.3 cm³/mol. The smallest absolute Gasteiger partial charge is 0.267 e. The topological polar surface area (TPSA) is 64.0 Å². The van der Waals surface area contributed by atoms with Gasteiger partial charge in [-0.2, -0.15) is 0 Å². The van der Waals surface area contributed by atoms with Crippen LogP contribution in [0.25, 0.3) is 10.2 Å². The van der Waals surface area contributed by atoms with Crippen molar-refractivity contribution in [1.82, 2.24) is 9.66 Å². The summed E-state index contributed by atoms with van der Waals surface area (Å²) in [5.41, 5.74) is 2.37. The van der Waals surface area contributed by atoms with Gasteiger partial charge >= 0.3 is 0 Å². The lowest BCUT2D eigenvalue weighted by Crippen LogP contribution is -2.32. The lowest BCUT2D eigenvalue weighted by molar-refractivity contribution is 0.101. The van der Waals surface area contributed by atoms with Crippen LogP contribution < -0.4 is 11.0 Å². The van der Waals surface area contributed by atoms with Gasteiger partial charge in [-0.1, -0.05) is 6.92 Å². The molecule has 0 bridgehead atoms. The van der Waals surface area contributed by atoms with E-state index in [1.807, 2.05) is 6.92 Å². The number of benzene rings is 1. The average molecular weight is 317 g/mol. The van der Waals surface area contributed by atoms with Gasteiger partial charge in [0.2, 0.25) is 0 Å². The van der Waals surface area contributed by atoms with E-state index in [-0.39, 0.29) is 11.1 Å². The standard InChI is InChI=1S/C15H12FN3O2S/c1-2-11-7-12-14(22-11)17-8-19(15(12)21)18-13(20)9-3-5-10(16)6-4-9/h3-8H,2H2,1H3,(H,18,20). The van der Waals surface area contributed by atoms with Crippen molar-refractivity contribution in [2.45, 2.75) is 13.3 Å². The molecule has 7 heteroatoms. The third-order valence-corrected chi connectivity index (χ3v) is 4.37. The van der Waals surface area contributed by atoms with Crippen molar-refractivity contribution >= 4 is 27.5 Å². The van der Waals surface area contributed by atoms with Gasteiger partial charge in [0.15, 0.2) is 0 Å². The number of carbonyl (C=O) groups excluding carboxylic acids is 1. The number of halogens is 1. The summed E-state index contributed by atoms with van der Waals surface area (Å²) in [4.78, 5) is 30.3. The average Bonchev–Trinajstić information content (AvgIpc) is 2.95. The monoisotopic (exact) mass is 317 g/mol. The first-order valence-electron chi connectivity index (χ1n) is 6.65. The van der Waals surface area contributed by atoms with E-state index in [1.54, 1.807) is 6.07 Å². The number of nitrogens with zero attached hydrogens (tertiary/aromatic N) is 2. The molecule has 0 radical (unpaired) electrons. The highest BCUT2D eigenvalue weighted by Crippen LogP contribution is 2.20. The summed E-state index contributed by atoms with van der Waals surface area (Å²) in [5.74, 6) is -0.934. The third kappa shape index (κ3) is 2.62. The second-order valence-electron chi connectivity index (χ2n) is 4.65. The fraction of sp³-hybridized carbons (Fsp3) is 0.133. The van der Waals surface area contributed by atoms with Crippen LogP contribution in [-0.4, -0.2) is 15.6 Å². The van der Waals surface area contributed by atoms with Crippen LogP contribution in [0, 0.1) is 5.82 Å². The Bertz CT molecular complexity index is 899. The lowest BCUT2D eigenvalue weighted by atomic mass is 10.2. The number of fused-ring (bicyclic) bond motifs is 1. The molecule has 3 rings (SSSR count). The minimum absolute atomic E-state index is 0.257. The van der Waals surface area contributed by atoms with Crippen molar-refractivity contribution in [2.75, 3.05) is 5.43 Å². The van der Waals surface area contributed by atoms with Gasteiger partial charge in [-0.25, -0.2) is 14.1 Å². The Labute approximate surface area is 129 Å². The minimum Gasteiger partial charge on any atom is -0.267 e. The molecule has 112 valence electrons. The maximum atomic E-state index is 12.9. The molecule has 0 aliphatic carbocycles. The Morgan fingerprint density at radius 1 is 1.36 bits per heavy atom. The molecular weight excluding hydrogens is 305 g/mol. The molecule has 0 atom stereocenters. The number of rotatable bonds is 3. The maximum Gasteiger partial charge on any atom is 0.280 e. The molecule has 0 saturated heterocycles. The van der Waals surface area contributed by atoms with Gasteiger partial charge < -0.3 is 0 Å². The number of hydrogen-bond donors (Lipinski definition) is 1. The van der Waals surface area contributed by atoms with Crippen LogP contribution in [0.3, 0.4) is 0 Å². The largest absolute Gasteiger partial charge is 0.280 e. The summed E-state index contributed by atoms with van der Waals surface area (Å²) in [6.45, 7) is 2.00. The molecule has 0 saturated carbocycles. The van der Waals surface area contributed by atoms with Crippen molar-refractivity contribution in [1.29, 1.82) is 0 Å². The van der Waals surface area contributed by atoms with Crippen molar-refractivity contribution in [3.05, 3.63) is 63.3 Å². The quantitative estimate of drug-likeness (QED) is 0.807. The van der Waals surface area contributed by atoms with Gasteiger partial charge in [0.05, 0.1) is 5.39 Å².